The van der Waals surface area contributed by atoms with Gasteiger partial charge in [-0.25, -0.2) is 0 Å². The van der Waals surface area contributed by atoms with Crippen molar-refractivity contribution in [1.82, 2.24) is 15.5 Å². The van der Waals surface area contributed by atoms with Gasteiger partial charge in [0.25, 0.3) is 0 Å². The van der Waals surface area contributed by atoms with E-state index in [1.54, 1.807) is 0 Å². The lowest BCUT2D eigenvalue weighted by Gasteiger charge is -2.35. The molecule has 1 aliphatic rings. The summed E-state index contributed by atoms with van der Waals surface area (Å²) in [6.07, 6.45) is 2.94. The Kier molecular flexibility index (Phi) is 8.22. The second-order valence-corrected chi connectivity index (χ2v) is 6.93. The average molecular weight is 347 g/mol. The number of nitrogens with one attached hydrogen (secondary N) is 2. The maximum Gasteiger partial charge on any atom is 0.191 e. The van der Waals surface area contributed by atoms with Gasteiger partial charge in [-0.1, -0.05) is 37.6 Å². The molecule has 1 fully saturated rings. The van der Waals surface area contributed by atoms with Gasteiger partial charge in [-0.05, 0) is 31.4 Å². The fourth-order valence-corrected chi connectivity index (χ4v) is 3.32. The second kappa shape index (κ2) is 10.4. The maximum atomic E-state index is 5.85. The van der Waals surface area contributed by atoms with Crippen molar-refractivity contribution in [1.29, 1.82) is 0 Å². The first kappa shape index (κ1) is 19.7. The van der Waals surface area contributed by atoms with Gasteiger partial charge in [0, 0.05) is 39.8 Å². The molecule has 2 N–H and O–H groups in total. The number of unbranched alkanes of at least 4 members (excludes halogenated alkanes) is 1. The molecule has 0 aliphatic carbocycles. The van der Waals surface area contributed by atoms with E-state index < -0.39 is 0 Å². The Morgan fingerprint density at radius 3 is 2.48 bits per heavy atom. The number of ether oxygens (including phenoxy) is 1. The van der Waals surface area contributed by atoms with Crippen LogP contribution in [0, 0.1) is 0 Å². The van der Waals surface area contributed by atoms with Crippen LogP contribution >= 0.6 is 0 Å². The lowest BCUT2D eigenvalue weighted by molar-refractivity contribution is -0.0705. The SMILES string of the molecule is CCCCNC(=NC)NCc1ccccc1CN1CC(C)OC(C)C1. The molecule has 2 unspecified atom stereocenters. The summed E-state index contributed by atoms with van der Waals surface area (Å²) < 4.78 is 5.85. The second-order valence-electron chi connectivity index (χ2n) is 6.93. The lowest BCUT2D eigenvalue weighted by atomic mass is 10.1. The van der Waals surface area contributed by atoms with Crippen LogP contribution in [0.1, 0.15) is 44.7 Å². The summed E-state index contributed by atoms with van der Waals surface area (Å²) in [7, 11) is 1.82. The monoisotopic (exact) mass is 346 g/mol. The molecule has 0 amide bonds. The quantitative estimate of drug-likeness (QED) is 0.453. The Hall–Kier alpha value is -1.59. The Labute approximate surface area is 152 Å². The third kappa shape index (κ3) is 6.67. The van der Waals surface area contributed by atoms with Gasteiger partial charge in [-0.3, -0.25) is 9.89 Å². The topological polar surface area (TPSA) is 48.9 Å². The maximum absolute atomic E-state index is 5.85. The molecule has 0 spiro atoms. The van der Waals surface area contributed by atoms with Crippen LogP contribution in [-0.2, 0) is 17.8 Å². The van der Waals surface area contributed by atoms with E-state index in [-0.39, 0.29) is 0 Å². The first-order valence-electron chi connectivity index (χ1n) is 9.51. The zero-order chi connectivity index (χ0) is 18.1. The highest BCUT2D eigenvalue weighted by molar-refractivity contribution is 5.79. The fourth-order valence-electron chi connectivity index (χ4n) is 3.32. The Balaban J connectivity index is 1.93. The zero-order valence-corrected chi connectivity index (χ0v) is 16.2. The standard InChI is InChI=1S/C20H34N4O/c1-5-6-11-22-20(21-4)23-12-18-9-7-8-10-19(18)15-24-13-16(2)25-17(3)14-24/h7-10,16-17H,5-6,11-15H2,1-4H3,(H2,21,22,23). The third-order valence-corrected chi connectivity index (χ3v) is 4.50. The van der Waals surface area contributed by atoms with E-state index in [0.29, 0.717) is 12.2 Å². The molecule has 1 aromatic carbocycles. The summed E-state index contributed by atoms with van der Waals surface area (Å²) in [5, 5.41) is 6.80. The molecule has 1 aromatic rings. The molecule has 1 aliphatic heterocycles. The van der Waals surface area contributed by atoms with Crippen molar-refractivity contribution in [3.8, 4) is 0 Å². The van der Waals surface area contributed by atoms with E-state index in [4.69, 9.17) is 4.74 Å². The fraction of sp³-hybridized carbons (Fsp3) is 0.650. The Bertz CT molecular complexity index is 536. The number of hydrogen-bond donors (Lipinski definition) is 2. The van der Waals surface area contributed by atoms with Crippen molar-refractivity contribution in [2.75, 3.05) is 26.7 Å². The van der Waals surface area contributed by atoms with E-state index in [9.17, 15) is 0 Å². The minimum absolute atomic E-state index is 0.302. The zero-order valence-electron chi connectivity index (χ0n) is 16.2. The predicted molar refractivity (Wildman–Crippen MR) is 105 cm³/mol. The number of nitrogens with zero attached hydrogens (tertiary/aromatic N) is 2. The van der Waals surface area contributed by atoms with Crippen LogP contribution in [0.3, 0.4) is 0 Å². The Morgan fingerprint density at radius 1 is 1.16 bits per heavy atom. The summed E-state index contributed by atoms with van der Waals surface area (Å²) >= 11 is 0. The van der Waals surface area contributed by atoms with Gasteiger partial charge in [-0.2, -0.15) is 0 Å². The van der Waals surface area contributed by atoms with Gasteiger partial charge in [-0.15, -0.1) is 0 Å². The molecule has 5 nitrogen and oxygen atoms in total. The highest BCUT2D eigenvalue weighted by Crippen LogP contribution is 2.17. The molecule has 5 heteroatoms. The van der Waals surface area contributed by atoms with Crippen molar-refractivity contribution in [3.05, 3.63) is 35.4 Å². The van der Waals surface area contributed by atoms with Crippen LogP contribution in [0.15, 0.2) is 29.3 Å². The average Bonchev–Trinajstić information content (AvgIpc) is 2.58. The van der Waals surface area contributed by atoms with Crippen LogP contribution in [0.2, 0.25) is 0 Å². The molecular formula is C20H34N4O. The lowest BCUT2D eigenvalue weighted by Crippen LogP contribution is -2.45. The number of aliphatic imine (C=N–C) groups is 1. The number of rotatable bonds is 7. The molecule has 25 heavy (non-hydrogen) atoms. The molecule has 2 atom stereocenters. The molecule has 1 heterocycles. The molecule has 140 valence electrons. The van der Waals surface area contributed by atoms with Crippen LogP contribution in [0.25, 0.3) is 0 Å². The third-order valence-electron chi connectivity index (χ3n) is 4.50. The smallest absolute Gasteiger partial charge is 0.191 e. The number of hydrogen-bond acceptors (Lipinski definition) is 3. The highest BCUT2D eigenvalue weighted by atomic mass is 16.5. The van der Waals surface area contributed by atoms with Gasteiger partial charge in [0.15, 0.2) is 5.96 Å². The van der Waals surface area contributed by atoms with Crippen LogP contribution < -0.4 is 10.6 Å². The predicted octanol–water partition coefficient (Wildman–Crippen LogP) is 2.76. The van der Waals surface area contributed by atoms with Crippen molar-refractivity contribution in [2.45, 2.75) is 58.9 Å². The molecular weight excluding hydrogens is 312 g/mol. The van der Waals surface area contributed by atoms with Gasteiger partial charge < -0.3 is 15.4 Å². The summed E-state index contributed by atoms with van der Waals surface area (Å²) in [6, 6.07) is 8.67. The minimum atomic E-state index is 0.302. The van der Waals surface area contributed by atoms with Gasteiger partial charge in [0.05, 0.1) is 12.2 Å². The van der Waals surface area contributed by atoms with Gasteiger partial charge >= 0.3 is 0 Å². The molecule has 2 rings (SSSR count). The Morgan fingerprint density at radius 2 is 1.84 bits per heavy atom. The van der Waals surface area contributed by atoms with Crippen LogP contribution in [-0.4, -0.2) is 49.7 Å². The van der Waals surface area contributed by atoms with Gasteiger partial charge in [0.1, 0.15) is 0 Å². The largest absolute Gasteiger partial charge is 0.373 e. The van der Waals surface area contributed by atoms with Gasteiger partial charge in [0.2, 0.25) is 0 Å². The van der Waals surface area contributed by atoms with Crippen molar-refractivity contribution < 1.29 is 4.74 Å². The molecule has 0 bridgehead atoms. The molecule has 0 radical (unpaired) electrons. The minimum Gasteiger partial charge on any atom is -0.373 e. The number of guanidine groups is 1. The summed E-state index contributed by atoms with van der Waals surface area (Å²) in [6.45, 7) is 11.2. The molecule has 1 saturated heterocycles. The van der Waals surface area contributed by atoms with E-state index in [1.807, 2.05) is 7.05 Å². The first-order chi connectivity index (χ1) is 12.1. The van der Waals surface area contributed by atoms with Crippen molar-refractivity contribution >= 4 is 5.96 Å². The molecule has 0 saturated carbocycles. The van der Waals surface area contributed by atoms with E-state index >= 15 is 0 Å². The number of benzene rings is 1. The first-order valence-corrected chi connectivity index (χ1v) is 9.51. The van der Waals surface area contributed by atoms with E-state index in [0.717, 1.165) is 45.1 Å². The van der Waals surface area contributed by atoms with E-state index in [2.05, 4.69) is 65.6 Å². The van der Waals surface area contributed by atoms with Crippen LogP contribution in [0.4, 0.5) is 0 Å². The van der Waals surface area contributed by atoms with E-state index in [1.165, 1.54) is 17.5 Å². The normalized spacial score (nSPS) is 22.0. The molecule has 0 aromatic heterocycles. The summed E-state index contributed by atoms with van der Waals surface area (Å²) in [5.74, 6) is 0.872. The highest BCUT2D eigenvalue weighted by Gasteiger charge is 2.22. The van der Waals surface area contributed by atoms with Crippen molar-refractivity contribution in [3.63, 3.8) is 0 Å². The number of morpholine rings is 1. The summed E-state index contributed by atoms with van der Waals surface area (Å²) in [4.78, 5) is 6.80. The van der Waals surface area contributed by atoms with Crippen molar-refractivity contribution in [2.24, 2.45) is 4.99 Å². The summed E-state index contributed by atoms with van der Waals surface area (Å²) in [5.41, 5.74) is 2.70. The van der Waals surface area contributed by atoms with Crippen LogP contribution in [0.5, 0.6) is 0 Å².